The fourth-order valence-electron chi connectivity index (χ4n) is 1.71. The molecule has 0 bridgehead atoms. The van der Waals surface area contributed by atoms with Crippen LogP contribution < -0.4 is 0 Å². The van der Waals surface area contributed by atoms with Crippen molar-refractivity contribution in [1.29, 1.82) is 0 Å². The van der Waals surface area contributed by atoms with Crippen molar-refractivity contribution in [2.45, 2.75) is 36.0 Å². The maximum atomic E-state index is 10.2. The summed E-state index contributed by atoms with van der Waals surface area (Å²) in [5.41, 5.74) is 0.331. The lowest BCUT2D eigenvalue weighted by molar-refractivity contribution is 0.0697. The molecule has 0 aromatic heterocycles. The van der Waals surface area contributed by atoms with E-state index in [1.165, 1.54) is 19.3 Å². The zero-order valence-electron chi connectivity index (χ0n) is 11.7. The molecule has 1 aliphatic rings. The van der Waals surface area contributed by atoms with Crippen LogP contribution in [0, 0.1) is 0 Å². The molecular formula is C15H22O3S2. The number of aliphatic hydroxyl groups is 1. The van der Waals surface area contributed by atoms with Crippen molar-refractivity contribution < 1.29 is 15.0 Å². The minimum absolute atomic E-state index is 0.331. The van der Waals surface area contributed by atoms with Gasteiger partial charge in [-0.15, -0.1) is 23.5 Å². The van der Waals surface area contributed by atoms with Gasteiger partial charge in [-0.1, -0.05) is 38.0 Å². The Balaban J connectivity index is 0.000000204. The van der Waals surface area contributed by atoms with Crippen LogP contribution in [0.2, 0.25) is 0 Å². The molecule has 1 saturated heterocycles. The lowest BCUT2D eigenvalue weighted by Gasteiger charge is -2.06. The lowest BCUT2D eigenvalue weighted by Crippen LogP contribution is -2.06. The van der Waals surface area contributed by atoms with Crippen molar-refractivity contribution in [3.05, 3.63) is 35.9 Å². The topological polar surface area (TPSA) is 57.5 Å². The van der Waals surface area contributed by atoms with Gasteiger partial charge in [0.25, 0.3) is 0 Å². The number of rotatable bonds is 5. The van der Waals surface area contributed by atoms with Crippen LogP contribution in [-0.2, 0) is 0 Å². The van der Waals surface area contributed by atoms with Gasteiger partial charge in [-0.2, -0.15) is 0 Å². The summed E-state index contributed by atoms with van der Waals surface area (Å²) in [6, 6.07) is 8.30. The maximum absolute atomic E-state index is 10.2. The van der Waals surface area contributed by atoms with Crippen molar-refractivity contribution in [3.8, 4) is 0 Å². The van der Waals surface area contributed by atoms with Gasteiger partial charge in [0.1, 0.15) is 0 Å². The number of carbonyl (C=O) groups is 1. The SMILES string of the molecule is CCCC[C@@H]1SC[C@@H](CO)S1.O=C(O)c1ccccc1. The van der Waals surface area contributed by atoms with Crippen LogP contribution in [0.5, 0.6) is 0 Å². The number of benzene rings is 1. The molecule has 1 heterocycles. The third-order valence-electron chi connectivity index (χ3n) is 2.83. The van der Waals surface area contributed by atoms with Gasteiger partial charge in [0.05, 0.1) is 16.8 Å². The van der Waals surface area contributed by atoms with Crippen LogP contribution in [0.4, 0.5) is 0 Å². The fraction of sp³-hybridized carbons (Fsp3) is 0.533. The first-order chi connectivity index (χ1) is 9.67. The fourth-order valence-corrected chi connectivity index (χ4v) is 4.96. The maximum Gasteiger partial charge on any atom is 0.335 e. The first-order valence-corrected chi connectivity index (χ1v) is 8.82. The van der Waals surface area contributed by atoms with E-state index < -0.39 is 5.97 Å². The van der Waals surface area contributed by atoms with Crippen molar-refractivity contribution in [3.63, 3.8) is 0 Å². The summed E-state index contributed by atoms with van der Waals surface area (Å²) in [5.74, 6) is 0.269. The third kappa shape index (κ3) is 6.68. The smallest absolute Gasteiger partial charge is 0.335 e. The number of aromatic carboxylic acids is 1. The normalized spacial score (nSPS) is 21.1. The highest BCUT2D eigenvalue weighted by atomic mass is 32.2. The number of thioether (sulfide) groups is 2. The first kappa shape index (κ1) is 17.4. The van der Waals surface area contributed by atoms with Crippen molar-refractivity contribution in [1.82, 2.24) is 0 Å². The molecule has 0 spiro atoms. The first-order valence-electron chi connectivity index (χ1n) is 6.83. The largest absolute Gasteiger partial charge is 0.478 e. The predicted molar refractivity (Wildman–Crippen MR) is 87.6 cm³/mol. The van der Waals surface area contributed by atoms with Gasteiger partial charge in [-0.25, -0.2) is 4.79 Å². The summed E-state index contributed by atoms with van der Waals surface area (Å²) in [4.78, 5) is 10.2. The molecule has 0 unspecified atom stereocenters. The molecule has 20 heavy (non-hydrogen) atoms. The lowest BCUT2D eigenvalue weighted by atomic mass is 10.2. The molecule has 3 nitrogen and oxygen atoms in total. The number of carboxylic acid groups (broad SMARTS) is 1. The Morgan fingerprint density at radius 2 is 2.05 bits per heavy atom. The highest BCUT2D eigenvalue weighted by molar-refractivity contribution is 8.20. The Labute approximate surface area is 129 Å². The number of carboxylic acids is 1. The molecule has 112 valence electrons. The number of hydrogen-bond donors (Lipinski definition) is 2. The number of unbranched alkanes of at least 4 members (excludes halogenated alkanes) is 1. The van der Waals surface area contributed by atoms with E-state index in [9.17, 15) is 4.79 Å². The van der Waals surface area contributed by atoms with Gasteiger partial charge in [0.15, 0.2) is 0 Å². The molecule has 0 saturated carbocycles. The third-order valence-corrected chi connectivity index (χ3v) is 6.22. The van der Waals surface area contributed by atoms with E-state index in [0.717, 1.165) is 10.3 Å². The van der Waals surface area contributed by atoms with E-state index in [2.05, 4.69) is 6.92 Å². The Morgan fingerprint density at radius 3 is 2.50 bits per heavy atom. The molecule has 5 heteroatoms. The molecule has 1 aliphatic heterocycles. The van der Waals surface area contributed by atoms with E-state index >= 15 is 0 Å². The second kappa shape index (κ2) is 10.1. The van der Waals surface area contributed by atoms with Crippen LogP contribution in [0.15, 0.2) is 30.3 Å². The molecule has 0 amide bonds. The standard InChI is InChI=1S/C8H16OS2.C7H6O2/c1-2-3-4-8-10-6-7(5-9)11-8;8-7(9)6-4-2-1-3-5-6/h7-9H,2-6H2,1H3;1-5H,(H,8,9)/t7-,8-;/m1./s1. The highest BCUT2D eigenvalue weighted by Crippen LogP contribution is 2.40. The Hall–Kier alpha value is -0.650. The minimum Gasteiger partial charge on any atom is -0.478 e. The zero-order valence-corrected chi connectivity index (χ0v) is 13.3. The Morgan fingerprint density at radius 1 is 1.35 bits per heavy atom. The van der Waals surface area contributed by atoms with Crippen molar-refractivity contribution in [2.75, 3.05) is 12.4 Å². The van der Waals surface area contributed by atoms with Gasteiger partial charge in [0.2, 0.25) is 0 Å². The van der Waals surface area contributed by atoms with Crippen LogP contribution in [0.1, 0.15) is 36.5 Å². The van der Waals surface area contributed by atoms with Crippen LogP contribution in [-0.4, -0.2) is 38.4 Å². The number of aliphatic hydroxyl groups excluding tert-OH is 1. The summed E-state index contributed by atoms with van der Waals surface area (Å²) >= 11 is 3.98. The van der Waals surface area contributed by atoms with Gasteiger partial charge in [0, 0.05) is 11.0 Å². The van der Waals surface area contributed by atoms with Crippen molar-refractivity contribution in [2.24, 2.45) is 0 Å². The van der Waals surface area contributed by atoms with E-state index in [4.69, 9.17) is 10.2 Å². The summed E-state index contributed by atoms with van der Waals surface area (Å²) < 4.78 is 0.770. The molecule has 2 atom stereocenters. The van der Waals surface area contributed by atoms with Gasteiger partial charge in [-0.05, 0) is 18.6 Å². The van der Waals surface area contributed by atoms with E-state index in [1.54, 1.807) is 30.3 Å². The highest BCUT2D eigenvalue weighted by Gasteiger charge is 2.24. The molecular weight excluding hydrogens is 292 g/mol. The molecule has 1 aromatic carbocycles. The molecule has 2 N–H and O–H groups in total. The molecule has 0 radical (unpaired) electrons. The van der Waals surface area contributed by atoms with Crippen molar-refractivity contribution >= 4 is 29.5 Å². The number of hydrogen-bond acceptors (Lipinski definition) is 4. The second-order valence-electron chi connectivity index (χ2n) is 4.52. The van der Waals surface area contributed by atoms with E-state index in [1.807, 2.05) is 23.5 Å². The Kier molecular flexibility index (Phi) is 8.82. The molecule has 1 aromatic rings. The van der Waals surface area contributed by atoms with Crippen LogP contribution in [0.25, 0.3) is 0 Å². The van der Waals surface area contributed by atoms with E-state index in [0.29, 0.717) is 17.4 Å². The van der Waals surface area contributed by atoms with Crippen LogP contribution in [0.3, 0.4) is 0 Å². The van der Waals surface area contributed by atoms with E-state index in [-0.39, 0.29) is 0 Å². The second-order valence-corrected chi connectivity index (χ2v) is 7.56. The minimum atomic E-state index is -0.879. The molecule has 0 aliphatic carbocycles. The van der Waals surface area contributed by atoms with Gasteiger partial charge < -0.3 is 10.2 Å². The summed E-state index contributed by atoms with van der Waals surface area (Å²) in [6.07, 6.45) is 3.95. The molecule has 1 fully saturated rings. The van der Waals surface area contributed by atoms with Gasteiger partial charge >= 0.3 is 5.97 Å². The molecule has 2 rings (SSSR count). The summed E-state index contributed by atoms with van der Waals surface area (Å²) in [7, 11) is 0. The predicted octanol–water partition coefficient (Wildman–Crippen LogP) is 3.73. The quantitative estimate of drug-likeness (QED) is 0.867. The summed E-state index contributed by atoms with van der Waals surface area (Å²) in [6.45, 7) is 2.59. The average Bonchev–Trinajstić information content (AvgIpc) is 2.94. The monoisotopic (exact) mass is 314 g/mol. The van der Waals surface area contributed by atoms with Crippen LogP contribution >= 0.6 is 23.5 Å². The Bertz CT molecular complexity index is 384. The zero-order chi connectivity index (χ0) is 14.8. The summed E-state index contributed by atoms with van der Waals surface area (Å²) in [5, 5.41) is 17.8. The van der Waals surface area contributed by atoms with Gasteiger partial charge in [-0.3, -0.25) is 0 Å². The average molecular weight is 314 g/mol.